The van der Waals surface area contributed by atoms with Crippen LogP contribution in [-0.4, -0.2) is 39.1 Å². The summed E-state index contributed by atoms with van der Waals surface area (Å²) in [5.41, 5.74) is 1.13. The molecule has 0 N–H and O–H groups in total. The Hall–Kier alpha value is -1.05. The summed E-state index contributed by atoms with van der Waals surface area (Å²) in [6.45, 7) is 4.63. The number of amides is 1. The average Bonchev–Trinajstić information content (AvgIpc) is 2.95. The van der Waals surface area contributed by atoms with Crippen molar-refractivity contribution in [2.75, 3.05) is 12.8 Å². The molecule has 1 atom stereocenters. The average molecular weight is 354 g/mol. The number of thioether (sulfide) groups is 2. The quantitative estimate of drug-likeness (QED) is 0.709. The zero-order chi connectivity index (χ0) is 15.9. The van der Waals surface area contributed by atoms with E-state index in [0.717, 1.165) is 20.0 Å². The van der Waals surface area contributed by atoms with Crippen molar-refractivity contribution in [2.45, 2.75) is 34.3 Å². The fourth-order valence-corrected chi connectivity index (χ4v) is 5.05. The maximum absolute atomic E-state index is 12.4. The topological polar surface area (TPSA) is 46.1 Å². The van der Waals surface area contributed by atoms with Crippen molar-refractivity contribution >= 4 is 40.8 Å². The first-order valence-electron chi connectivity index (χ1n) is 7.02. The number of carbonyl (C=O) groups excluding carboxylic acids is 1. The fraction of sp³-hybridized carbons (Fsp3) is 0.400. The molecule has 0 bridgehead atoms. The van der Waals surface area contributed by atoms with Crippen LogP contribution < -0.4 is 0 Å². The first-order chi connectivity index (χ1) is 10.6. The summed E-state index contributed by atoms with van der Waals surface area (Å²) in [7, 11) is 1.84. The molecule has 1 aromatic heterocycles. The highest BCUT2D eigenvalue weighted by molar-refractivity contribution is 8.03. The second-order valence-electron chi connectivity index (χ2n) is 4.71. The molecule has 4 nitrogen and oxygen atoms in total. The van der Waals surface area contributed by atoms with E-state index in [-0.39, 0.29) is 11.2 Å². The van der Waals surface area contributed by atoms with Crippen LogP contribution in [0.25, 0.3) is 0 Å². The Balaban J connectivity index is 1.90. The Morgan fingerprint density at radius 3 is 2.64 bits per heavy atom. The van der Waals surface area contributed by atoms with E-state index in [9.17, 15) is 4.79 Å². The monoisotopic (exact) mass is 353 g/mol. The van der Waals surface area contributed by atoms with E-state index in [4.69, 9.17) is 0 Å². The summed E-state index contributed by atoms with van der Waals surface area (Å²) in [6.07, 6.45) is 0. The molecule has 0 fully saturated rings. The van der Waals surface area contributed by atoms with Gasteiger partial charge in [-0.25, -0.2) is 0 Å². The summed E-state index contributed by atoms with van der Waals surface area (Å²) < 4.78 is 1.81. The third kappa shape index (κ3) is 5.00. The molecular formula is C15H19N3OS3. The third-order valence-corrected chi connectivity index (χ3v) is 6.03. The highest BCUT2D eigenvalue weighted by Gasteiger charge is 2.20. The van der Waals surface area contributed by atoms with Crippen molar-refractivity contribution < 1.29 is 4.79 Å². The fourth-order valence-electron chi connectivity index (χ4n) is 1.87. The number of benzene rings is 1. The summed E-state index contributed by atoms with van der Waals surface area (Å²) in [6, 6.07) is 10.0. The van der Waals surface area contributed by atoms with Gasteiger partial charge in [-0.15, -0.1) is 10.2 Å². The van der Waals surface area contributed by atoms with Crippen LogP contribution in [-0.2, 0) is 11.3 Å². The van der Waals surface area contributed by atoms with Gasteiger partial charge in [-0.3, -0.25) is 4.79 Å². The summed E-state index contributed by atoms with van der Waals surface area (Å²) in [5.74, 6) is 1.09. The van der Waals surface area contributed by atoms with Crippen LogP contribution in [0.15, 0.2) is 39.0 Å². The van der Waals surface area contributed by atoms with Crippen LogP contribution in [0.2, 0.25) is 0 Å². The molecule has 1 heterocycles. The molecule has 0 radical (unpaired) electrons. The van der Waals surface area contributed by atoms with Gasteiger partial charge in [0.25, 0.3) is 0 Å². The number of hydrogen-bond donors (Lipinski definition) is 0. The van der Waals surface area contributed by atoms with E-state index in [1.54, 1.807) is 28.0 Å². The molecule has 1 aromatic carbocycles. The van der Waals surface area contributed by atoms with Gasteiger partial charge in [-0.2, -0.15) is 0 Å². The van der Waals surface area contributed by atoms with Crippen molar-refractivity contribution in [3.63, 3.8) is 0 Å². The molecule has 2 aromatic rings. The van der Waals surface area contributed by atoms with Crippen LogP contribution in [0.1, 0.15) is 19.4 Å². The van der Waals surface area contributed by atoms with E-state index in [2.05, 4.69) is 17.1 Å². The predicted molar refractivity (Wildman–Crippen MR) is 94.5 cm³/mol. The van der Waals surface area contributed by atoms with Crippen molar-refractivity contribution in [3.8, 4) is 0 Å². The minimum absolute atomic E-state index is 0.105. The van der Waals surface area contributed by atoms with Gasteiger partial charge in [-0.05, 0) is 18.2 Å². The first-order valence-corrected chi connectivity index (χ1v) is 9.70. The van der Waals surface area contributed by atoms with Crippen molar-refractivity contribution in [2.24, 2.45) is 0 Å². The molecule has 0 aliphatic heterocycles. The molecule has 0 spiro atoms. The predicted octanol–water partition coefficient (Wildman–Crippen LogP) is 3.79. The van der Waals surface area contributed by atoms with E-state index in [1.165, 1.54) is 11.8 Å². The van der Waals surface area contributed by atoms with Crippen LogP contribution in [0.4, 0.5) is 0 Å². The molecule has 2 rings (SSSR count). The number of nitrogens with zero attached hydrogens (tertiary/aromatic N) is 3. The number of hydrogen-bond acceptors (Lipinski definition) is 6. The summed E-state index contributed by atoms with van der Waals surface area (Å²) in [5, 5.41) is 8.09. The minimum Gasteiger partial charge on any atom is -0.340 e. The van der Waals surface area contributed by atoms with Gasteiger partial charge in [0, 0.05) is 13.6 Å². The largest absolute Gasteiger partial charge is 0.340 e. The third-order valence-electron chi connectivity index (χ3n) is 2.92. The van der Waals surface area contributed by atoms with Crippen LogP contribution >= 0.6 is 34.9 Å². The lowest BCUT2D eigenvalue weighted by atomic mass is 10.2. The van der Waals surface area contributed by atoms with Crippen LogP contribution in [0, 0.1) is 0 Å². The first kappa shape index (κ1) is 17.3. The molecule has 118 valence electrons. The van der Waals surface area contributed by atoms with Gasteiger partial charge < -0.3 is 4.90 Å². The van der Waals surface area contributed by atoms with Gasteiger partial charge >= 0.3 is 0 Å². The lowest BCUT2D eigenvalue weighted by molar-refractivity contribution is -0.129. The smallest absolute Gasteiger partial charge is 0.235 e. The molecule has 0 saturated heterocycles. The van der Waals surface area contributed by atoms with E-state index >= 15 is 0 Å². The maximum atomic E-state index is 12.4. The van der Waals surface area contributed by atoms with E-state index < -0.39 is 0 Å². The molecule has 1 unspecified atom stereocenters. The van der Waals surface area contributed by atoms with E-state index in [1.807, 2.05) is 44.3 Å². The Labute approximate surface area is 143 Å². The van der Waals surface area contributed by atoms with Crippen molar-refractivity contribution in [1.29, 1.82) is 0 Å². The molecule has 7 heteroatoms. The normalized spacial score (nSPS) is 12.1. The molecule has 0 aliphatic carbocycles. The number of rotatable bonds is 7. The Morgan fingerprint density at radius 1 is 1.27 bits per heavy atom. The van der Waals surface area contributed by atoms with Gasteiger partial charge in [0.15, 0.2) is 8.68 Å². The molecule has 1 amide bonds. The van der Waals surface area contributed by atoms with Crippen LogP contribution in [0.3, 0.4) is 0 Å². The molecule has 22 heavy (non-hydrogen) atoms. The van der Waals surface area contributed by atoms with Gasteiger partial charge in [0.1, 0.15) is 0 Å². The van der Waals surface area contributed by atoms with Crippen molar-refractivity contribution in [3.05, 3.63) is 35.9 Å². The lowest BCUT2D eigenvalue weighted by Crippen LogP contribution is -2.32. The Kier molecular flexibility index (Phi) is 6.72. The lowest BCUT2D eigenvalue weighted by Gasteiger charge is -2.20. The maximum Gasteiger partial charge on any atom is 0.235 e. The zero-order valence-electron chi connectivity index (χ0n) is 12.9. The highest BCUT2D eigenvalue weighted by atomic mass is 32.2. The Morgan fingerprint density at radius 2 is 1.95 bits per heavy atom. The Bertz CT molecular complexity index is 603. The van der Waals surface area contributed by atoms with Gasteiger partial charge in [0.05, 0.1) is 5.25 Å². The van der Waals surface area contributed by atoms with Gasteiger partial charge in [-0.1, -0.05) is 72.1 Å². The number of carbonyl (C=O) groups is 1. The molecular weight excluding hydrogens is 334 g/mol. The second kappa shape index (κ2) is 8.55. The zero-order valence-corrected chi connectivity index (χ0v) is 15.3. The highest BCUT2D eigenvalue weighted by Crippen LogP contribution is 2.31. The second-order valence-corrected chi connectivity index (χ2v) is 8.78. The SMILES string of the molecule is CCSc1nnc(SC(C)C(=O)N(C)Cc2ccccc2)s1. The summed E-state index contributed by atoms with van der Waals surface area (Å²) in [4.78, 5) is 14.2. The van der Waals surface area contributed by atoms with Crippen LogP contribution in [0.5, 0.6) is 0 Å². The van der Waals surface area contributed by atoms with Gasteiger partial charge in [0.2, 0.25) is 5.91 Å². The van der Waals surface area contributed by atoms with E-state index in [0.29, 0.717) is 6.54 Å². The molecule has 0 aliphatic rings. The minimum atomic E-state index is -0.166. The molecule has 0 saturated carbocycles. The standard InChI is InChI=1S/C15H19N3OS3/c1-4-20-14-16-17-15(22-14)21-11(2)13(19)18(3)10-12-8-6-5-7-9-12/h5-9,11H,4,10H2,1-3H3. The summed E-state index contributed by atoms with van der Waals surface area (Å²) >= 11 is 4.71. The van der Waals surface area contributed by atoms with Crippen molar-refractivity contribution in [1.82, 2.24) is 15.1 Å². The number of aromatic nitrogens is 2.